The fourth-order valence-electron chi connectivity index (χ4n) is 1.82. The molecule has 4 heteroatoms. The maximum atomic E-state index is 11.7. The van der Waals surface area contributed by atoms with Gasteiger partial charge in [0, 0.05) is 6.07 Å². The second kappa shape index (κ2) is 6.50. The smallest absolute Gasteiger partial charge is 0.372 e. The third-order valence-corrected chi connectivity index (χ3v) is 3.75. The number of nitrogens with zero attached hydrogens (tertiary/aromatic N) is 1. The van der Waals surface area contributed by atoms with Gasteiger partial charge in [-0.25, -0.2) is 4.79 Å². The largest absolute Gasteiger partial charge is 0.461 e. The zero-order valence-electron chi connectivity index (χ0n) is 10.6. The number of carbonyl (C=O) groups excluding carboxylic acids is 1. The minimum atomic E-state index is -0.153. The molecular weight excluding hydrogens is 246 g/mol. The highest BCUT2D eigenvalue weighted by Gasteiger charge is 2.16. The topological polar surface area (TPSA) is 30.2 Å². The van der Waals surface area contributed by atoms with Crippen molar-refractivity contribution in [1.82, 2.24) is 0 Å². The number of benzene rings is 1. The van der Waals surface area contributed by atoms with Crippen LogP contribution in [0.1, 0.15) is 26.2 Å². The third-order valence-electron chi connectivity index (χ3n) is 2.79. The van der Waals surface area contributed by atoms with Gasteiger partial charge in [-0.3, -0.25) is 0 Å². The quantitative estimate of drug-likeness (QED) is 0.456. The molecular formula is C14H18NO2S+. The number of carbonyl (C=O) groups is 1. The van der Waals surface area contributed by atoms with Crippen molar-refractivity contribution in [3.8, 4) is 0 Å². The Hall–Kier alpha value is -1.42. The Kier molecular flexibility index (Phi) is 4.70. The lowest BCUT2D eigenvalue weighted by Crippen LogP contribution is -2.37. The Balaban J connectivity index is 1.91. The van der Waals surface area contributed by atoms with Crippen LogP contribution in [-0.2, 0) is 16.1 Å². The van der Waals surface area contributed by atoms with Gasteiger partial charge in [-0.05, 0) is 12.5 Å². The molecule has 1 heterocycles. The summed E-state index contributed by atoms with van der Waals surface area (Å²) >= 11 is 1.64. The molecule has 0 aliphatic carbocycles. The van der Waals surface area contributed by atoms with Crippen LogP contribution in [0.15, 0.2) is 29.8 Å². The van der Waals surface area contributed by atoms with Crippen LogP contribution in [0.5, 0.6) is 0 Å². The number of rotatable bonds is 6. The zero-order chi connectivity index (χ0) is 12.8. The zero-order valence-corrected chi connectivity index (χ0v) is 11.4. The second-order valence-corrected chi connectivity index (χ2v) is 5.13. The molecule has 0 atom stereocenters. The number of para-hydroxylation sites is 1. The van der Waals surface area contributed by atoms with E-state index >= 15 is 0 Å². The van der Waals surface area contributed by atoms with Crippen molar-refractivity contribution in [2.45, 2.75) is 32.7 Å². The maximum Gasteiger partial charge on any atom is 0.372 e. The van der Waals surface area contributed by atoms with Crippen LogP contribution in [0.25, 0.3) is 10.2 Å². The average Bonchev–Trinajstić information content (AvgIpc) is 2.78. The van der Waals surface area contributed by atoms with Gasteiger partial charge in [0.15, 0.2) is 0 Å². The molecule has 2 aromatic rings. The Morgan fingerprint density at radius 1 is 1.33 bits per heavy atom. The van der Waals surface area contributed by atoms with Gasteiger partial charge >= 0.3 is 5.97 Å². The van der Waals surface area contributed by atoms with Crippen molar-refractivity contribution in [1.29, 1.82) is 0 Å². The maximum absolute atomic E-state index is 11.7. The normalized spacial score (nSPS) is 10.7. The number of fused-ring (bicyclic) bond motifs is 1. The summed E-state index contributed by atoms with van der Waals surface area (Å²) in [5, 5.41) is 0. The van der Waals surface area contributed by atoms with Crippen molar-refractivity contribution in [3.63, 3.8) is 0 Å². The van der Waals surface area contributed by atoms with E-state index in [4.69, 9.17) is 4.74 Å². The molecule has 0 amide bonds. The van der Waals surface area contributed by atoms with E-state index in [1.54, 1.807) is 11.3 Å². The molecule has 1 aromatic heterocycles. The predicted molar refractivity (Wildman–Crippen MR) is 72.5 cm³/mol. The molecule has 0 bridgehead atoms. The van der Waals surface area contributed by atoms with Gasteiger partial charge in [0.25, 0.3) is 0 Å². The molecule has 96 valence electrons. The molecule has 0 radical (unpaired) electrons. The van der Waals surface area contributed by atoms with Gasteiger partial charge in [0.1, 0.15) is 4.70 Å². The molecule has 0 N–H and O–H groups in total. The van der Waals surface area contributed by atoms with E-state index in [1.165, 1.54) is 4.70 Å². The van der Waals surface area contributed by atoms with Gasteiger partial charge in [0.05, 0.1) is 6.61 Å². The Bertz CT molecular complexity index is 521. The number of esters is 1. The monoisotopic (exact) mass is 264 g/mol. The van der Waals surface area contributed by atoms with Gasteiger partial charge < -0.3 is 4.74 Å². The molecule has 0 aliphatic heterocycles. The minimum Gasteiger partial charge on any atom is -0.461 e. The standard InChI is InChI=1S/C14H18NO2S/c1-2-3-6-9-17-14(16)10-15-11-18-13-8-5-4-7-12(13)15/h4-5,7-8,11H,2-3,6,9-10H2,1H3/q+1. The van der Waals surface area contributed by atoms with Crippen molar-refractivity contribution < 1.29 is 14.1 Å². The summed E-state index contributed by atoms with van der Waals surface area (Å²) < 4.78 is 8.35. The van der Waals surface area contributed by atoms with E-state index in [0.29, 0.717) is 13.2 Å². The van der Waals surface area contributed by atoms with E-state index in [9.17, 15) is 4.79 Å². The summed E-state index contributed by atoms with van der Waals surface area (Å²) in [6.07, 6.45) is 3.21. The highest BCUT2D eigenvalue weighted by atomic mass is 32.1. The minimum absolute atomic E-state index is 0.153. The highest BCUT2D eigenvalue weighted by Crippen LogP contribution is 2.14. The first-order chi connectivity index (χ1) is 8.81. The first-order valence-corrected chi connectivity index (χ1v) is 7.20. The highest BCUT2D eigenvalue weighted by molar-refractivity contribution is 7.16. The lowest BCUT2D eigenvalue weighted by atomic mass is 10.3. The van der Waals surface area contributed by atoms with E-state index in [1.807, 2.05) is 28.3 Å². The van der Waals surface area contributed by atoms with Crippen LogP contribution >= 0.6 is 11.3 Å². The van der Waals surface area contributed by atoms with Crippen molar-refractivity contribution >= 4 is 27.5 Å². The Morgan fingerprint density at radius 3 is 3.00 bits per heavy atom. The first kappa shape index (κ1) is 13.0. The van der Waals surface area contributed by atoms with E-state index in [0.717, 1.165) is 24.8 Å². The summed E-state index contributed by atoms with van der Waals surface area (Å²) in [6.45, 7) is 2.97. The number of thiazole rings is 1. The molecule has 0 fully saturated rings. The fraction of sp³-hybridized carbons (Fsp3) is 0.429. The average molecular weight is 264 g/mol. The van der Waals surface area contributed by atoms with Gasteiger partial charge in [-0.2, -0.15) is 4.57 Å². The second-order valence-electron chi connectivity index (χ2n) is 4.25. The number of aromatic nitrogens is 1. The predicted octanol–water partition coefficient (Wildman–Crippen LogP) is 2.92. The van der Waals surface area contributed by atoms with Crippen molar-refractivity contribution in [2.75, 3.05) is 6.61 Å². The molecule has 18 heavy (non-hydrogen) atoms. The van der Waals surface area contributed by atoms with Crippen LogP contribution < -0.4 is 4.57 Å². The van der Waals surface area contributed by atoms with Gasteiger partial charge in [0.2, 0.25) is 17.6 Å². The summed E-state index contributed by atoms with van der Waals surface area (Å²) in [4.78, 5) is 11.7. The third kappa shape index (κ3) is 3.29. The summed E-state index contributed by atoms with van der Waals surface area (Å²) in [5.41, 5.74) is 3.06. The molecule has 0 unspecified atom stereocenters. The number of hydrogen-bond donors (Lipinski definition) is 0. The number of hydrogen-bond acceptors (Lipinski definition) is 3. The fourth-order valence-corrected chi connectivity index (χ4v) is 2.71. The first-order valence-electron chi connectivity index (χ1n) is 6.32. The van der Waals surface area contributed by atoms with Crippen molar-refractivity contribution in [3.05, 3.63) is 29.8 Å². The number of ether oxygens (including phenoxy) is 1. The molecule has 2 rings (SSSR count). The van der Waals surface area contributed by atoms with Crippen molar-refractivity contribution in [2.24, 2.45) is 0 Å². The van der Waals surface area contributed by atoms with E-state index in [-0.39, 0.29) is 5.97 Å². The molecule has 1 aromatic carbocycles. The van der Waals surface area contributed by atoms with Crippen LogP contribution in [0, 0.1) is 0 Å². The van der Waals surface area contributed by atoms with Gasteiger partial charge in [-0.15, -0.1) is 0 Å². The molecule has 3 nitrogen and oxygen atoms in total. The van der Waals surface area contributed by atoms with E-state index < -0.39 is 0 Å². The number of unbranched alkanes of at least 4 members (excludes halogenated alkanes) is 2. The molecule has 0 saturated carbocycles. The van der Waals surface area contributed by atoms with Crippen LogP contribution in [-0.4, -0.2) is 12.6 Å². The summed E-state index contributed by atoms with van der Waals surface area (Å²) in [6, 6.07) is 8.07. The lowest BCUT2D eigenvalue weighted by Gasteiger charge is -2.01. The lowest BCUT2D eigenvalue weighted by molar-refractivity contribution is -0.655. The molecule has 0 aliphatic rings. The Morgan fingerprint density at radius 2 is 2.17 bits per heavy atom. The Labute approximate surface area is 111 Å². The van der Waals surface area contributed by atoms with Gasteiger partial charge in [-0.1, -0.05) is 43.2 Å². The molecule has 0 saturated heterocycles. The molecule has 0 spiro atoms. The van der Waals surface area contributed by atoms with Crippen LogP contribution in [0.3, 0.4) is 0 Å². The summed E-state index contributed by atoms with van der Waals surface area (Å²) in [5.74, 6) is -0.153. The SMILES string of the molecule is CCCCCOC(=O)C[n+]1csc2ccccc21. The van der Waals surface area contributed by atoms with Crippen LogP contribution in [0.2, 0.25) is 0 Å². The summed E-state index contributed by atoms with van der Waals surface area (Å²) in [7, 11) is 0. The van der Waals surface area contributed by atoms with E-state index in [2.05, 4.69) is 13.0 Å². The van der Waals surface area contributed by atoms with Crippen LogP contribution in [0.4, 0.5) is 0 Å².